The number of imidazole rings is 1. The van der Waals surface area contributed by atoms with Gasteiger partial charge in [0.2, 0.25) is 6.41 Å². The third-order valence-corrected chi connectivity index (χ3v) is 3.71. The van der Waals surface area contributed by atoms with Crippen molar-refractivity contribution in [3.05, 3.63) is 60.9 Å². The predicted octanol–water partition coefficient (Wildman–Crippen LogP) is 4.28. The Morgan fingerprint density at radius 3 is 2.20 bits per heavy atom. The van der Waals surface area contributed by atoms with E-state index >= 15 is 0 Å². The molecule has 0 unspecified atom stereocenters. The largest absolute Gasteiger partial charge is 0.335 e. The minimum absolute atomic E-state index is 0.286. The minimum Gasteiger partial charge on any atom is -0.335 e. The molecule has 1 aromatic carbocycles. The lowest BCUT2D eigenvalue weighted by Crippen LogP contribution is -2.17. The molecule has 3 aromatic rings. The molecular formula is C19H20FN3O2. The molecule has 130 valence electrons. The van der Waals surface area contributed by atoms with Crippen LogP contribution in [0.4, 0.5) is 4.39 Å². The molecule has 0 aliphatic heterocycles. The molecule has 0 aliphatic carbocycles. The SMILES string of the molecule is CCOC(OCC)n1cnc(-c2ccncc2)c1-c1ccc(F)cc1. The molecule has 0 bridgehead atoms. The fourth-order valence-electron chi connectivity index (χ4n) is 2.63. The number of aromatic nitrogens is 3. The summed E-state index contributed by atoms with van der Waals surface area (Å²) >= 11 is 0. The highest BCUT2D eigenvalue weighted by atomic mass is 19.1. The van der Waals surface area contributed by atoms with Gasteiger partial charge in [-0.25, -0.2) is 9.37 Å². The van der Waals surface area contributed by atoms with Crippen LogP contribution in [0, 0.1) is 5.82 Å². The van der Waals surface area contributed by atoms with E-state index in [0.29, 0.717) is 13.2 Å². The van der Waals surface area contributed by atoms with Gasteiger partial charge in [-0.15, -0.1) is 0 Å². The van der Waals surface area contributed by atoms with Crippen LogP contribution in [-0.4, -0.2) is 27.7 Å². The summed E-state index contributed by atoms with van der Waals surface area (Å²) in [5, 5.41) is 0. The van der Waals surface area contributed by atoms with Crippen molar-refractivity contribution in [2.75, 3.05) is 13.2 Å². The van der Waals surface area contributed by atoms with Gasteiger partial charge in [-0.05, 0) is 50.2 Å². The summed E-state index contributed by atoms with van der Waals surface area (Å²) in [5.41, 5.74) is 3.31. The Bertz CT molecular complexity index is 797. The molecule has 6 heteroatoms. The van der Waals surface area contributed by atoms with E-state index in [1.807, 2.05) is 30.5 Å². The molecule has 0 N–H and O–H groups in total. The van der Waals surface area contributed by atoms with Gasteiger partial charge in [0.1, 0.15) is 5.82 Å². The van der Waals surface area contributed by atoms with Crippen LogP contribution >= 0.6 is 0 Å². The standard InChI is InChI=1S/C19H20FN3O2/c1-3-24-19(25-4-2)23-13-22-17(14-9-11-21-12-10-14)18(23)15-5-7-16(20)8-6-15/h5-13,19H,3-4H2,1-2H3. The monoisotopic (exact) mass is 341 g/mol. The van der Waals surface area contributed by atoms with Crippen molar-refractivity contribution in [2.24, 2.45) is 0 Å². The number of rotatable bonds is 7. The summed E-state index contributed by atoms with van der Waals surface area (Å²) in [5.74, 6) is -0.286. The maximum atomic E-state index is 13.4. The van der Waals surface area contributed by atoms with E-state index in [9.17, 15) is 4.39 Å². The molecular weight excluding hydrogens is 321 g/mol. The minimum atomic E-state index is -0.599. The molecule has 0 aliphatic rings. The van der Waals surface area contributed by atoms with Crippen molar-refractivity contribution in [1.82, 2.24) is 14.5 Å². The molecule has 0 saturated heterocycles. The first kappa shape index (κ1) is 17.3. The molecule has 5 nitrogen and oxygen atoms in total. The summed E-state index contributed by atoms with van der Waals surface area (Å²) in [7, 11) is 0. The van der Waals surface area contributed by atoms with E-state index in [-0.39, 0.29) is 5.82 Å². The van der Waals surface area contributed by atoms with Crippen molar-refractivity contribution >= 4 is 0 Å². The van der Waals surface area contributed by atoms with Gasteiger partial charge in [0.15, 0.2) is 0 Å². The maximum absolute atomic E-state index is 13.4. The van der Waals surface area contributed by atoms with Crippen LogP contribution in [0.15, 0.2) is 55.1 Å². The molecule has 0 fully saturated rings. The Hall–Kier alpha value is -2.57. The number of hydrogen-bond donors (Lipinski definition) is 0. The second kappa shape index (κ2) is 8.00. The van der Waals surface area contributed by atoms with E-state index in [1.54, 1.807) is 30.9 Å². The van der Waals surface area contributed by atoms with Crippen LogP contribution in [0.1, 0.15) is 20.3 Å². The van der Waals surface area contributed by atoms with Gasteiger partial charge in [-0.2, -0.15) is 0 Å². The highest BCUT2D eigenvalue weighted by molar-refractivity contribution is 5.78. The van der Waals surface area contributed by atoms with Crippen LogP contribution in [0.25, 0.3) is 22.5 Å². The predicted molar refractivity (Wildman–Crippen MR) is 93.1 cm³/mol. The van der Waals surface area contributed by atoms with Gasteiger partial charge in [0.25, 0.3) is 0 Å². The van der Waals surface area contributed by atoms with E-state index < -0.39 is 6.41 Å². The maximum Gasteiger partial charge on any atom is 0.245 e. The van der Waals surface area contributed by atoms with E-state index in [2.05, 4.69) is 9.97 Å². The topological polar surface area (TPSA) is 49.2 Å². The molecule has 25 heavy (non-hydrogen) atoms. The summed E-state index contributed by atoms with van der Waals surface area (Å²) in [6.45, 7) is 4.81. The number of pyridine rings is 1. The number of ether oxygens (including phenoxy) is 2. The number of hydrogen-bond acceptors (Lipinski definition) is 4. The zero-order chi connectivity index (χ0) is 17.6. The van der Waals surface area contributed by atoms with Crippen LogP contribution in [0.3, 0.4) is 0 Å². The highest BCUT2D eigenvalue weighted by Gasteiger charge is 2.21. The second-order valence-electron chi connectivity index (χ2n) is 5.31. The average molecular weight is 341 g/mol. The van der Waals surface area contributed by atoms with Crippen LogP contribution in [0.5, 0.6) is 0 Å². The normalized spacial score (nSPS) is 11.2. The lowest BCUT2D eigenvalue weighted by Gasteiger charge is -2.21. The fraction of sp³-hybridized carbons (Fsp3) is 0.263. The zero-order valence-corrected chi connectivity index (χ0v) is 14.2. The van der Waals surface area contributed by atoms with E-state index in [4.69, 9.17) is 9.47 Å². The first-order chi connectivity index (χ1) is 12.2. The number of halogens is 1. The van der Waals surface area contributed by atoms with Gasteiger partial charge in [0.05, 0.1) is 17.7 Å². The smallest absolute Gasteiger partial charge is 0.245 e. The van der Waals surface area contributed by atoms with Gasteiger partial charge in [-0.1, -0.05) is 0 Å². The molecule has 0 radical (unpaired) electrons. The molecule has 0 spiro atoms. The number of benzene rings is 1. The molecule has 2 aromatic heterocycles. The Labute approximate surface area is 146 Å². The van der Waals surface area contributed by atoms with Crippen molar-refractivity contribution < 1.29 is 13.9 Å². The van der Waals surface area contributed by atoms with Crippen LogP contribution in [-0.2, 0) is 9.47 Å². The molecule has 0 amide bonds. The van der Waals surface area contributed by atoms with E-state index in [0.717, 1.165) is 22.5 Å². The van der Waals surface area contributed by atoms with Gasteiger partial charge >= 0.3 is 0 Å². The third kappa shape index (κ3) is 3.75. The Morgan fingerprint density at radius 1 is 0.960 bits per heavy atom. The first-order valence-electron chi connectivity index (χ1n) is 8.21. The van der Waals surface area contributed by atoms with Gasteiger partial charge < -0.3 is 9.47 Å². The first-order valence-corrected chi connectivity index (χ1v) is 8.21. The van der Waals surface area contributed by atoms with Crippen molar-refractivity contribution in [1.29, 1.82) is 0 Å². The van der Waals surface area contributed by atoms with Crippen molar-refractivity contribution in [2.45, 2.75) is 20.3 Å². The number of nitrogens with zero attached hydrogens (tertiary/aromatic N) is 3. The average Bonchev–Trinajstić information content (AvgIpc) is 3.08. The summed E-state index contributed by atoms with van der Waals surface area (Å²) in [6, 6.07) is 10.1. The second-order valence-corrected chi connectivity index (χ2v) is 5.31. The Kier molecular flexibility index (Phi) is 5.53. The fourth-order valence-corrected chi connectivity index (χ4v) is 2.63. The molecule has 0 saturated carbocycles. The van der Waals surface area contributed by atoms with Gasteiger partial charge in [0, 0.05) is 36.7 Å². The molecule has 2 heterocycles. The zero-order valence-electron chi connectivity index (χ0n) is 14.2. The quantitative estimate of drug-likeness (QED) is 0.602. The third-order valence-electron chi connectivity index (χ3n) is 3.71. The van der Waals surface area contributed by atoms with Crippen LogP contribution < -0.4 is 0 Å². The lowest BCUT2D eigenvalue weighted by molar-refractivity contribution is -0.185. The van der Waals surface area contributed by atoms with Crippen molar-refractivity contribution in [3.8, 4) is 22.5 Å². The Balaban J connectivity index is 2.15. The molecule has 3 rings (SSSR count). The van der Waals surface area contributed by atoms with Crippen LogP contribution in [0.2, 0.25) is 0 Å². The molecule has 0 atom stereocenters. The highest BCUT2D eigenvalue weighted by Crippen LogP contribution is 2.33. The Morgan fingerprint density at radius 2 is 1.60 bits per heavy atom. The summed E-state index contributed by atoms with van der Waals surface area (Å²) in [6.07, 6.45) is 4.51. The lowest BCUT2D eigenvalue weighted by atomic mass is 10.1. The van der Waals surface area contributed by atoms with E-state index in [1.165, 1.54) is 12.1 Å². The summed E-state index contributed by atoms with van der Waals surface area (Å²) in [4.78, 5) is 8.60. The van der Waals surface area contributed by atoms with Gasteiger partial charge in [-0.3, -0.25) is 9.55 Å². The summed E-state index contributed by atoms with van der Waals surface area (Å²) < 4.78 is 26.6. The van der Waals surface area contributed by atoms with Crippen molar-refractivity contribution in [3.63, 3.8) is 0 Å².